The Kier molecular flexibility index (Phi) is 5.00. The zero-order valence-corrected chi connectivity index (χ0v) is 16.6. The van der Waals surface area contributed by atoms with E-state index >= 15 is 0 Å². The monoisotopic (exact) mass is 382 g/mol. The van der Waals surface area contributed by atoms with Gasteiger partial charge in [0.2, 0.25) is 17.8 Å². The summed E-state index contributed by atoms with van der Waals surface area (Å²) in [6.07, 6.45) is 9.48. The standard InChI is InChI=1S/C21H30N6O/c1-14-13-16(9-10-17(14)24-18(28)15-7-3-4-8-15)27-20(23)25-19(22)26-21(27)11-5-2-6-12-21/h9-10,13,15H,2-8,11-12H2,1H3,(H,24,28)(H4,22,23,25,26). The Hall–Kier alpha value is -2.57. The maximum atomic E-state index is 12.5. The van der Waals surface area contributed by atoms with Crippen molar-refractivity contribution in [2.24, 2.45) is 27.4 Å². The SMILES string of the molecule is Cc1cc(N2C(N)=NC(N)=NC23CCCCC3)ccc1NC(=O)C1CCCC1. The molecular formula is C21H30N6O. The van der Waals surface area contributed by atoms with Crippen molar-refractivity contribution in [3.05, 3.63) is 23.8 Å². The largest absolute Gasteiger partial charge is 0.369 e. The smallest absolute Gasteiger partial charge is 0.227 e. The summed E-state index contributed by atoms with van der Waals surface area (Å²) >= 11 is 0. The van der Waals surface area contributed by atoms with Crippen LogP contribution in [-0.2, 0) is 4.79 Å². The zero-order valence-electron chi connectivity index (χ0n) is 16.6. The first-order valence-corrected chi connectivity index (χ1v) is 10.4. The lowest BCUT2D eigenvalue weighted by molar-refractivity contribution is -0.119. The number of carbonyl (C=O) groups is 1. The third kappa shape index (κ3) is 3.45. The van der Waals surface area contributed by atoms with Crippen LogP contribution >= 0.6 is 0 Å². The molecule has 1 amide bonds. The molecule has 0 saturated heterocycles. The highest BCUT2D eigenvalue weighted by Crippen LogP contribution is 2.40. The molecule has 5 N–H and O–H groups in total. The number of benzene rings is 1. The fourth-order valence-corrected chi connectivity index (χ4v) is 4.84. The van der Waals surface area contributed by atoms with Crippen LogP contribution in [0, 0.1) is 12.8 Å². The van der Waals surface area contributed by atoms with Gasteiger partial charge in [-0.3, -0.25) is 9.69 Å². The van der Waals surface area contributed by atoms with Gasteiger partial charge in [-0.05, 0) is 69.2 Å². The number of guanidine groups is 2. The molecule has 0 aromatic heterocycles. The molecule has 0 radical (unpaired) electrons. The summed E-state index contributed by atoms with van der Waals surface area (Å²) < 4.78 is 0. The predicted octanol–water partition coefficient (Wildman–Crippen LogP) is 3.23. The maximum Gasteiger partial charge on any atom is 0.227 e. The number of anilines is 2. The van der Waals surface area contributed by atoms with Crippen molar-refractivity contribution in [2.45, 2.75) is 70.4 Å². The number of aryl methyl sites for hydroxylation is 1. The number of rotatable bonds is 3. The van der Waals surface area contributed by atoms with Crippen LogP contribution in [0.2, 0.25) is 0 Å². The maximum absolute atomic E-state index is 12.5. The first-order valence-electron chi connectivity index (χ1n) is 10.4. The van der Waals surface area contributed by atoms with Gasteiger partial charge in [0.1, 0.15) is 5.66 Å². The number of nitrogens with two attached hydrogens (primary N) is 2. The van der Waals surface area contributed by atoms with Gasteiger partial charge in [-0.2, -0.15) is 4.99 Å². The van der Waals surface area contributed by atoms with E-state index in [-0.39, 0.29) is 17.8 Å². The molecule has 2 aliphatic carbocycles. The summed E-state index contributed by atoms with van der Waals surface area (Å²) in [4.78, 5) is 23.5. The third-order valence-corrected chi connectivity index (χ3v) is 6.30. The Balaban J connectivity index is 1.60. The van der Waals surface area contributed by atoms with E-state index in [4.69, 9.17) is 16.5 Å². The van der Waals surface area contributed by atoms with Crippen molar-refractivity contribution in [1.82, 2.24) is 0 Å². The fraction of sp³-hybridized carbons (Fsp3) is 0.571. The number of hydrogen-bond donors (Lipinski definition) is 3. The molecule has 1 aliphatic heterocycles. The summed E-state index contributed by atoms with van der Waals surface area (Å²) in [5.74, 6) is 0.921. The quantitative estimate of drug-likeness (QED) is 0.745. The number of amides is 1. The molecule has 7 nitrogen and oxygen atoms in total. The molecule has 7 heteroatoms. The van der Waals surface area contributed by atoms with E-state index in [0.717, 1.165) is 68.3 Å². The number of hydrogen-bond acceptors (Lipinski definition) is 6. The van der Waals surface area contributed by atoms with E-state index in [1.807, 2.05) is 24.0 Å². The number of carbonyl (C=O) groups excluding carboxylic acids is 1. The van der Waals surface area contributed by atoms with Crippen LogP contribution in [-0.4, -0.2) is 23.5 Å². The summed E-state index contributed by atoms with van der Waals surface area (Å²) in [7, 11) is 0. The second kappa shape index (κ2) is 7.45. The zero-order chi connectivity index (χ0) is 19.7. The van der Waals surface area contributed by atoms with E-state index in [9.17, 15) is 4.79 Å². The van der Waals surface area contributed by atoms with E-state index in [0.29, 0.717) is 5.96 Å². The minimum Gasteiger partial charge on any atom is -0.369 e. The Labute approximate surface area is 166 Å². The van der Waals surface area contributed by atoms with Crippen molar-refractivity contribution in [3.63, 3.8) is 0 Å². The highest BCUT2D eigenvalue weighted by atomic mass is 16.1. The van der Waals surface area contributed by atoms with Gasteiger partial charge in [0.15, 0.2) is 0 Å². The number of aliphatic imine (C=N–C) groups is 2. The molecule has 1 aromatic rings. The second-order valence-corrected chi connectivity index (χ2v) is 8.29. The van der Waals surface area contributed by atoms with Crippen LogP contribution in [0.3, 0.4) is 0 Å². The molecule has 0 atom stereocenters. The summed E-state index contributed by atoms with van der Waals surface area (Å²) in [6.45, 7) is 2.01. The van der Waals surface area contributed by atoms with Crippen LogP contribution in [0.1, 0.15) is 63.4 Å². The molecule has 28 heavy (non-hydrogen) atoms. The average Bonchev–Trinajstić information content (AvgIpc) is 3.18. The summed E-state index contributed by atoms with van der Waals surface area (Å²) in [5, 5.41) is 3.11. The van der Waals surface area contributed by atoms with Gasteiger partial charge in [0.25, 0.3) is 0 Å². The second-order valence-electron chi connectivity index (χ2n) is 8.29. The molecule has 0 bridgehead atoms. The van der Waals surface area contributed by atoms with Crippen molar-refractivity contribution in [2.75, 3.05) is 10.2 Å². The Morgan fingerprint density at radius 3 is 2.54 bits per heavy atom. The molecule has 1 aromatic carbocycles. The van der Waals surface area contributed by atoms with Gasteiger partial charge in [-0.25, -0.2) is 4.99 Å². The van der Waals surface area contributed by atoms with Gasteiger partial charge in [0, 0.05) is 17.3 Å². The predicted molar refractivity (Wildman–Crippen MR) is 113 cm³/mol. The average molecular weight is 383 g/mol. The van der Waals surface area contributed by atoms with E-state index in [1.165, 1.54) is 6.42 Å². The minimum atomic E-state index is -0.449. The lowest BCUT2D eigenvalue weighted by Gasteiger charge is -2.45. The normalized spacial score (nSPS) is 22.1. The lowest BCUT2D eigenvalue weighted by atomic mass is 9.87. The topological polar surface area (TPSA) is 109 Å². The molecular weight excluding hydrogens is 352 g/mol. The molecule has 2 fully saturated rings. The molecule has 150 valence electrons. The van der Waals surface area contributed by atoms with E-state index < -0.39 is 5.66 Å². The Bertz CT molecular complexity index is 818. The first-order chi connectivity index (χ1) is 13.5. The third-order valence-electron chi connectivity index (χ3n) is 6.30. The molecule has 1 spiro atoms. The number of nitrogens with one attached hydrogen (secondary N) is 1. The van der Waals surface area contributed by atoms with Crippen molar-refractivity contribution < 1.29 is 4.79 Å². The van der Waals surface area contributed by atoms with Crippen LogP contribution in [0.5, 0.6) is 0 Å². The minimum absolute atomic E-state index is 0.133. The van der Waals surface area contributed by atoms with Crippen molar-refractivity contribution in [3.8, 4) is 0 Å². The lowest BCUT2D eigenvalue weighted by Crippen LogP contribution is -2.58. The molecule has 2 saturated carbocycles. The van der Waals surface area contributed by atoms with Crippen LogP contribution in [0.4, 0.5) is 11.4 Å². The van der Waals surface area contributed by atoms with Crippen LogP contribution < -0.4 is 21.7 Å². The van der Waals surface area contributed by atoms with E-state index in [1.54, 1.807) is 0 Å². The Morgan fingerprint density at radius 1 is 1.14 bits per heavy atom. The summed E-state index contributed by atoms with van der Waals surface area (Å²) in [6, 6.07) is 6.01. The van der Waals surface area contributed by atoms with Crippen molar-refractivity contribution in [1.29, 1.82) is 0 Å². The van der Waals surface area contributed by atoms with Gasteiger partial charge in [-0.1, -0.05) is 19.3 Å². The van der Waals surface area contributed by atoms with Crippen LogP contribution in [0.15, 0.2) is 28.2 Å². The van der Waals surface area contributed by atoms with Crippen molar-refractivity contribution >= 4 is 29.2 Å². The van der Waals surface area contributed by atoms with Gasteiger partial charge in [-0.15, -0.1) is 0 Å². The van der Waals surface area contributed by atoms with E-state index in [2.05, 4.69) is 16.4 Å². The highest BCUT2D eigenvalue weighted by Gasteiger charge is 2.42. The molecule has 0 unspecified atom stereocenters. The Morgan fingerprint density at radius 2 is 1.86 bits per heavy atom. The van der Waals surface area contributed by atoms with Gasteiger partial charge in [0.05, 0.1) is 0 Å². The highest BCUT2D eigenvalue weighted by molar-refractivity contribution is 6.06. The fourth-order valence-electron chi connectivity index (χ4n) is 4.84. The summed E-state index contributed by atoms with van der Waals surface area (Å²) in [5.41, 5.74) is 14.6. The van der Waals surface area contributed by atoms with Gasteiger partial charge >= 0.3 is 0 Å². The molecule has 1 heterocycles. The first kappa shape index (κ1) is 18.8. The van der Waals surface area contributed by atoms with Gasteiger partial charge < -0.3 is 16.8 Å². The van der Waals surface area contributed by atoms with Crippen LogP contribution in [0.25, 0.3) is 0 Å². The number of nitrogens with zero attached hydrogens (tertiary/aromatic N) is 3. The molecule has 3 aliphatic rings. The molecule has 4 rings (SSSR count).